The Hall–Kier alpha value is -2.99. The number of urea groups is 1. The molecule has 0 aliphatic carbocycles. The van der Waals surface area contributed by atoms with Gasteiger partial charge < -0.3 is 14.8 Å². The Bertz CT molecular complexity index is 924. The van der Waals surface area contributed by atoms with Crippen molar-refractivity contribution in [1.82, 2.24) is 5.32 Å². The number of carbonyl (C=O) groups is 2. The van der Waals surface area contributed by atoms with Gasteiger partial charge in [-0.25, -0.2) is 9.69 Å². The van der Waals surface area contributed by atoms with Gasteiger partial charge in [-0.1, -0.05) is 23.7 Å². The fraction of sp³-hybridized carbons (Fsp3) is 0.200. The molecule has 2 aromatic rings. The Morgan fingerprint density at radius 2 is 1.89 bits per heavy atom. The summed E-state index contributed by atoms with van der Waals surface area (Å²) in [4.78, 5) is 26.0. The van der Waals surface area contributed by atoms with Crippen molar-refractivity contribution in [3.63, 3.8) is 0 Å². The third-order valence-corrected chi connectivity index (χ3v) is 4.04. The molecule has 140 valence electrons. The molecule has 0 saturated carbocycles. The highest BCUT2D eigenvalue weighted by Gasteiger charge is 2.34. The molecule has 1 fully saturated rings. The minimum atomic E-state index is -0.528. The summed E-state index contributed by atoms with van der Waals surface area (Å²) in [6.07, 6.45) is 1.59. The third kappa shape index (κ3) is 4.06. The minimum absolute atomic E-state index is 0.00468. The lowest BCUT2D eigenvalue weighted by molar-refractivity contribution is -0.113. The Morgan fingerprint density at radius 3 is 2.56 bits per heavy atom. The van der Waals surface area contributed by atoms with E-state index in [2.05, 4.69) is 5.32 Å². The Labute approximate surface area is 162 Å². The molecule has 2 aromatic carbocycles. The standard InChI is InChI=1S/C20H19ClN2O4/c1-12(2)27-17-8-7-13(10-18(17)26-3)9-16-19(24)23(20(25)22-16)15-6-4-5-14(21)11-15/h4-12H,1-3H3,(H,22,25)/b16-9-. The van der Waals surface area contributed by atoms with Gasteiger partial charge in [-0.2, -0.15) is 0 Å². The van der Waals surface area contributed by atoms with E-state index in [1.807, 2.05) is 13.8 Å². The van der Waals surface area contributed by atoms with Crippen LogP contribution in [0.25, 0.3) is 6.08 Å². The predicted octanol–water partition coefficient (Wildman–Crippen LogP) is 4.23. The molecule has 1 aliphatic rings. The maximum Gasteiger partial charge on any atom is 0.333 e. The maximum atomic E-state index is 12.7. The van der Waals surface area contributed by atoms with E-state index < -0.39 is 11.9 Å². The van der Waals surface area contributed by atoms with Crippen molar-refractivity contribution in [2.24, 2.45) is 0 Å². The normalized spacial score (nSPS) is 15.4. The molecule has 1 heterocycles. The van der Waals surface area contributed by atoms with Gasteiger partial charge in [0.05, 0.1) is 18.9 Å². The third-order valence-electron chi connectivity index (χ3n) is 3.81. The van der Waals surface area contributed by atoms with E-state index in [-0.39, 0.29) is 11.8 Å². The van der Waals surface area contributed by atoms with E-state index in [1.165, 1.54) is 0 Å². The van der Waals surface area contributed by atoms with Gasteiger partial charge >= 0.3 is 6.03 Å². The monoisotopic (exact) mass is 386 g/mol. The van der Waals surface area contributed by atoms with E-state index in [0.717, 1.165) is 4.90 Å². The summed E-state index contributed by atoms with van der Waals surface area (Å²) >= 11 is 5.96. The second kappa shape index (κ2) is 7.72. The van der Waals surface area contributed by atoms with Crippen LogP contribution in [0.3, 0.4) is 0 Å². The Kier molecular flexibility index (Phi) is 5.37. The van der Waals surface area contributed by atoms with Crippen LogP contribution in [0.5, 0.6) is 11.5 Å². The number of nitrogens with one attached hydrogen (secondary N) is 1. The molecule has 0 spiro atoms. The number of anilines is 1. The minimum Gasteiger partial charge on any atom is -0.493 e. The van der Waals surface area contributed by atoms with E-state index in [9.17, 15) is 9.59 Å². The van der Waals surface area contributed by atoms with Gasteiger partial charge in [0, 0.05) is 5.02 Å². The molecule has 0 aromatic heterocycles. The summed E-state index contributed by atoms with van der Waals surface area (Å²) in [5.41, 5.74) is 1.27. The van der Waals surface area contributed by atoms with Crippen LogP contribution in [-0.2, 0) is 4.79 Å². The zero-order valence-corrected chi connectivity index (χ0v) is 15.9. The fourth-order valence-electron chi connectivity index (χ4n) is 2.68. The first-order chi connectivity index (χ1) is 12.9. The molecule has 3 rings (SSSR count). The quantitative estimate of drug-likeness (QED) is 0.616. The molecule has 0 radical (unpaired) electrons. The average molecular weight is 387 g/mol. The van der Waals surface area contributed by atoms with Gasteiger partial charge in [-0.15, -0.1) is 0 Å². The lowest BCUT2D eigenvalue weighted by Gasteiger charge is -2.14. The number of hydrogen-bond acceptors (Lipinski definition) is 4. The number of methoxy groups -OCH3 is 1. The molecule has 7 heteroatoms. The number of hydrogen-bond donors (Lipinski definition) is 1. The number of nitrogens with zero attached hydrogens (tertiary/aromatic N) is 1. The molecular weight excluding hydrogens is 368 g/mol. The lowest BCUT2D eigenvalue weighted by Crippen LogP contribution is -2.30. The summed E-state index contributed by atoms with van der Waals surface area (Å²) in [5, 5.41) is 3.03. The average Bonchev–Trinajstić information content (AvgIpc) is 2.89. The van der Waals surface area contributed by atoms with Gasteiger partial charge in [0.1, 0.15) is 5.70 Å². The highest BCUT2D eigenvalue weighted by molar-refractivity contribution is 6.32. The first-order valence-electron chi connectivity index (χ1n) is 8.36. The van der Waals surface area contributed by atoms with Crippen molar-refractivity contribution in [2.75, 3.05) is 12.0 Å². The number of ether oxygens (including phenoxy) is 2. The first kappa shape index (κ1) is 18.8. The molecular formula is C20H19ClN2O4. The van der Waals surface area contributed by atoms with E-state index in [1.54, 1.807) is 55.7 Å². The number of amides is 3. The van der Waals surface area contributed by atoms with Crippen molar-refractivity contribution in [1.29, 1.82) is 0 Å². The van der Waals surface area contributed by atoms with Crippen LogP contribution >= 0.6 is 11.6 Å². The molecule has 3 amide bonds. The van der Waals surface area contributed by atoms with Crippen LogP contribution in [0.2, 0.25) is 5.02 Å². The molecule has 1 aliphatic heterocycles. The summed E-state index contributed by atoms with van der Waals surface area (Å²) < 4.78 is 11.0. The molecule has 27 heavy (non-hydrogen) atoms. The number of carbonyl (C=O) groups excluding carboxylic acids is 2. The largest absolute Gasteiger partial charge is 0.493 e. The fourth-order valence-corrected chi connectivity index (χ4v) is 2.86. The number of halogens is 1. The second-order valence-electron chi connectivity index (χ2n) is 6.19. The van der Waals surface area contributed by atoms with Crippen molar-refractivity contribution in [3.8, 4) is 11.5 Å². The molecule has 1 N–H and O–H groups in total. The van der Waals surface area contributed by atoms with Crippen LogP contribution in [-0.4, -0.2) is 25.2 Å². The van der Waals surface area contributed by atoms with Crippen molar-refractivity contribution in [3.05, 3.63) is 58.7 Å². The van der Waals surface area contributed by atoms with Gasteiger partial charge in [-0.3, -0.25) is 4.79 Å². The van der Waals surface area contributed by atoms with E-state index in [0.29, 0.717) is 27.8 Å². The number of benzene rings is 2. The van der Waals surface area contributed by atoms with Gasteiger partial charge in [0.2, 0.25) is 0 Å². The molecule has 0 bridgehead atoms. The summed E-state index contributed by atoms with van der Waals surface area (Å²) in [6, 6.07) is 11.3. The zero-order valence-electron chi connectivity index (χ0n) is 15.2. The highest BCUT2D eigenvalue weighted by Crippen LogP contribution is 2.30. The molecule has 0 unspecified atom stereocenters. The van der Waals surface area contributed by atoms with Crippen LogP contribution in [0.15, 0.2) is 48.2 Å². The van der Waals surface area contributed by atoms with E-state index in [4.69, 9.17) is 21.1 Å². The van der Waals surface area contributed by atoms with Crippen molar-refractivity contribution in [2.45, 2.75) is 20.0 Å². The molecule has 1 saturated heterocycles. The van der Waals surface area contributed by atoms with Crippen LogP contribution in [0, 0.1) is 0 Å². The zero-order chi connectivity index (χ0) is 19.6. The summed E-state index contributed by atoms with van der Waals surface area (Å²) in [5.74, 6) is 0.697. The number of imide groups is 1. The maximum absolute atomic E-state index is 12.7. The Morgan fingerprint density at radius 1 is 1.11 bits per heavy atom. The number of rotatable bonds is 5. The van der Waals surface area contributed by atoms with Crippen LogP contribution in [0.4, 0.5) is 10.5 Å². The predicted molar refractivity (Wildman–Crippen MR) is 104 cm³/mol. The first-order valence-corrected chi connectivity index (χ1v) is 8.74. The second-order valence-corrected chi connectivity index (χ2v) is 6.62. The molecule has 6 nitrogen and oxygen atoms in total. The highest BCUT2D eigenvalue weighted by atomic mass is 35.5. The van der Waals surface area contributed by atoms with Crippen LogP contribution in [0.1, 0.15) is 19.4 Å². The molecule has 0 atom stereocenters. The van der Waals surface area contributed by atoms with Gasteiger partial charge in [0.25, 0.3) is 5.91 Å². The SMILES string of the molecule is COc1cc(/C=C2\NC(=O)N(c3cccc(Cl)c3)C2=O)ccc1OC(C)C. The smallest absolute Gasteiger partial charge is 0.333 e. The summed E-state index contributed by atoms with van der Waals surface area (Å²) in [7, 11) is 1.54. The van der Waals surface area contributed by atoms with Crippen LogP contribution < -0.4 is 19.7 Å². The van der Waals surface area contributed by atoms with Crippen molar-refractivity contribution >= 4 is 35.3 Å². The van der Waals surface area contributed by atoms with E-state index >= 15 is 0 Å². The Balaban J connectivity index is 1.89. The van der Waals surface area contributed by atoms with Gasteiger partial charge in [-0.05, 0) is 55.8 Å². The lowest BCUT2D eigenvalue weighted by atomic mass is 10.1. The van der Waals surface area contributed by atoms with Gasteiger partial charge in [0.15, 0.2) is 11.5 Å². The van der Waals surface area contributed by atoms with Crippen molar-refractivity contribution < 1.29 is 19.1 Å². The topological polar surface area (TPSA) is 67.9 Å². The summed E-state index contributed by atoms with van der Waals surface area (Å²) in [6.45, 7) is 3.85.